The highest BCUT2D eigenvalue weighted by atomic mass is 35.5. The van der Waals surface area contributed by atoms with Crippen LogP contribution in [0.4, 0.5) is 0 Å². The molecular weight excluding hydrogens is 238 g/mol. The lowest BCUT2D eigenvalue weighted by atomic mass is 10.3. The van der Waals surface area contributed by atoms with Gasteiger partial charge in [-0.1, -0.05) is 17.7 Å². The lowest BCUT2D eigenvalue weighted by Crippen LogP contribution is -2.02. The SMILES string of the molecule is Clc1ccc(COCCc2ccccn2)nn1. The lowest BCUT2D eigenvalue weighted by molar-refractivity contribution is 0.120. The smallest absolute Gasteiger partial charge is 0.151 e. The summed E-state index contributed by atoms with van der Waals surface area (Å²) in [4.78, 5) is 4.21. The number of halogens is 1. The van der Waals surface area contributed by atoms with Gasteiger partial charge in [0.15, 0.2) is 5.15 Å². The molecule has 0 unspecified atom stereocenters. The normalized spacial score (nSPS) is 10.4. The summed E-state index contributed by atoms with van der Waals surface area (Å²) in [7, 11) is 0. The van der Waals surface area contributed by atoms with Crippen molar-refractivity contribution in [2.45, 2.75) is 13.0 Å². The van der Waals surface area contributed by atoms with E-state index in [2.05, 4.69) is 15.2 Å². The molecule has 2 heterocycles. The molecule has 0 aliphatic carbocycles. The molecule has 0 aromatic carbocycles. The Morgan fingerprint density at radius 2 is 2.00 bits per heavy atom. The van der Waals surface area contributed by atoms with Gasteiger partial charge in [-0.2, -0.15) is 5.10 Å². The summed E-state index contributed by atoms with van der Waals surface area (Å²) in [6.07, 6.45) is 2.57. The van der Waals surface area contributed by atoms with Gasteiger partial charge in [-0.05, 0) is 24.3 Å². The topological polar surface area (TPSA) is 47.9 Å². The highest BCUT2D eigenvalue weighted by Gasteiger charge is 1.97. The molecule has 0 N–H and O–H groups in total. The van der Waals surface area contributed by atoms with Gasteiger partial charge in [0.2, 0.25) is 0 Å². The molecule has 88 valence electrons. The Morgan fingerprint density at radius 1 is 1.06 bits per heavy atom. The monoisotopic (exact) mass is 249 g/mol. The predicted molar refractivity (Wildman–Crippen MR) is 64.6 cm³/mol. The van der Waals surface area contributed by atoms with E-state index in [1.165, 1.54) is 0 Å². The fourth-order valence-electron chi connectivity index (χ4n) is 1.32. The second kappa shape index (κ2) is 6.27. The molecule has 0 aliphatic heterocycles. The Hall–Kier alpha value is -1.52. The molecule has 0 atom stereocenters. The van der Waals surface area contributed by atoms with E-state index >= 15 is 0 Å². The van der Waals surface area contributed by atoms with E-state index in [1.807, 2.05) is 18.2 Å². The number of pyridine rings is 1. The van der Waals surface area contributed by atoms with Crippen LogP contribution in [-0.4, -0.2) is 21.8 Å². The summed E-state index contributed by atoms with van der Waals surface area (Å²) in [5.41, 5.74) is 1.80. The van der Waals surface area contributed by atoms with Crippen molar-refractivity contribution in [2.24, 2.45) is 0 Å². The number of rotatable bonds is 5. The van der Waals surface area contributed by atoms with Crippen molar-refractivity contribution in [3.8, 4) is 0 Å². The largest absolute Gasteiger partial charge is 0.375 e. The molecule has 0 spiro atoms. The standard InChI is InChI=1S/C12H12ClN3O/c13-12-5-4-11(15-16-12)9-17-8-6-10-3-1-2-7-14-10/h1-5,7H,6,8-9H2. The first-order valence-corrected chi connectivity index (χ1v) is 5.68. The third-order valence-corrected chi connectivity index (χ3v) is 2.37. The second-order valence-corrected chi connectivity index (χ2v) is 3.86. The van der Waals surface area contributed by atoms with Gasteiger partial charge in [-0.25, -0.2) is 0 Å². The van der Waals surface area contributed by atoms with Crippen LogP contribution < -0.4 is 0 Å². The molecule has 0 fully saturated rings. The van der Waals surface area contributed by atoms with Crippen molar-refractivity contribution in [2.75, 3.05) is 6.61 Å². The first kappa shape index (κ1) is 12.0. The number of ether oxygens (including phenoxy) is 1. The minimum absolute atomic E-state index is 0.391. The van der Waals surface area contributed by atoms with E-state index in [1.54, 1.807) is 18.3 Å². The Bertz CT molecular complexity index is 447. The van der Waals surface area contributed by atoms with Gasteiger partial charge >= 0.3 is 0 Å². The number of aromatic nitrogens is 3. The molecular formula is C12H12ClN3O. The Kier molecular flexibility index (Phi) is 4.41. The van der Waals surface area contributed by atoms with Crippen molar-refractivity contribution in [3.05, 3.63) is 53.1 Å². The lowest BCUT2D eigenvalue weighted by Gasteiger charge is -2.03. The van der Waals surface area contributed by atoms with Crippen molar-refractivity contribution < 1.29 is 4.74 Å². The summed E-state index contributed by atoms with van der Waals surface area (Å²) in [6, 6.07) is 9.34. The van der Waals surface area contributed by atoms with E-state index in [9.17, 15) is 0 Å². The molecule has 0 amide bonds. The third-order valence-electron chi connectivity index (χ3n) is 2.17. The van der Waals surface area contributed by atoms with E-state index in [0.29, 0.717) is 18.4 Å². The van der Waals surface area contributed by atoms with Crippen LogP contribution in [0.25, 0.3) is 0 Å². The van der Waals surface area contributed by atoms with Crippen LogP contribution in [0.1, 0.15) is 11.4 Å². The number of hydrogen-bond donors (Lipinski definition) is 0. The van der Waals surface area contributed by atoms with Gasteiger partial charge in [0.25, 0.3) is 0 Å². The maximum atomic E-state index is 5.63. The average molecular weight is 250 g/mol. The van der Waals surface area contributed by atoms with Crippen LogP contribution >= 0.6 is 11.6 Å². The van der Waals surface area contributed by atoms with E-state index in [4.69, 9.17) is 16.3 Å². The van der Waals surface area contributed by atoms with Crippen LogP contribution in [0.5, 0.6) is 0 Å². The Labute approximate surface area is 105 Å². The summed E-state index contributed by atoms with van der Waals surface area (Å²) in [5, 5.41) is 8.03. The highest BCUT2D eigenvalue weighted by Crippen LogP contribution is 2.03. The van der Waals surface area contributed by atoms with Crippen LogP contribution in [0.3, 0.4) is 0 Å². The molecule has 17 heavy (non-hydrogen) atoms. The first-order chi connectivity index (χ1) is 8.34. The maximum Gasteiger partial charge on any atom is 0.151 e. The molecule has 5 heteroatoms. The van der Waals surface area contributed by atoms with Gasteiger partial charge in [0.05, 0.1) is 18.9 Å². The summed E-state index contributed by atoms with van der Waals surface area (Å²) in [6.45, 7) is 1.05. The van der Waals surface area contributed by atoms with Crippen molar-refractivity contribution in [1.82, 2.24) is 15.2 Å². The van der Waals surface area contributed by atoms with Crippen LogP contribution in [0.2, 0.25) is 5.15 Å². The minimum Gasteiger partial charge on any atom is -0.375 e. The molecule has 2 aromatic rings. The summed E-state index contributed by atoms with van der Waals surface area (Å²) < 4.78 is 5.48. The second-order valence-electron chi connectivity index (χ2n) is 3.47. The predicted octanol–water partition coefficient (Wildman–Crippen LogP) is 2.28. The number of nitrogens with zero attached hydrogens (tertiary/aromatic N) is 3. The Balaban J connectivity index is 1.71. The molecule has 4 nitrogen and oxygen atoms in total. The molecule has 2 aromatic heterocycles. The first-order valence-electron chi connectivity index (χ1n) is 5.30. The van der Waals surface area contributed by atoms with Crippen molar-refractivity contribution >= 4 is 11.6 Å². The number of hydrogen-bond acceptors (Lipinski definition) is 4. The minimum atomic E-state index is 0.391. The third kappa shape index (κ3) is 4.09. The van der Waals surface area contributed by atoms with Gasteiger partial charge in [0, 0.05) is 18.3 Å². The van der Waals surface area contributed by atoms with Crippen molar-refractivity contribution in [1.29, 1.82) is 0 Å². The van der Waals surface area contributed by atoms with Crippen LogP contribution in [0, 0.1) is 0 Å². The zero-order valence-corrected chi connectivity index (χ0v) is 9.97. The Morgan fingerprint density at radius 3 is 2.71 bits per heavy atom. The summed E-state index contributed by atoms with van der Waals surface area (Å²) >= 11 is 5.63. The zero-order valence-electron chi connectivity index (χ0n) is 9.21. The van der Waals surface area contributed by atoms with E-state index in [0.717, 1.165) is 17.8 Å². The van der Waals surface area contributed by atoms with Gasteiger partial charge in [-0.15, -0.1) is 5.10 Å². The molecule has 0 radical (unpaired) electrons. The molecule has 2 rings (SSSR count). The van der Waals surface area contributed by atoms with Gasteiger partial charge in [-0.3, -0.25) is 4.98 Å². The molecule has 0 saturated heterocycles. The van der Waals surface area contributed by atoms with Gasteiger partial charge < -0.3 is 4.74 Å². The highest BCUT2D eigenvalue weighted by molar-refractivity contribution is 6.29. The van der Waals surface area contributed by atoms with Crippen LogP contribution in [-0.2, 0) is 17.8 Å². The fourth-order valence-corrected chi connectivity index (χ4v) is 1.42. The van der Waals surface area contributed by atoms with E-state index in [-0.39, 0.29) is 0 Å². The van der Waals surface area contributed by atoms with Crippen LogP contribution in [0.15, 0.2) is 36.5 Å². The molecule has 0 aliphatic rings. The molecule has 0 bridgehead atoms. The maximum absolute atomic E-state index is 5.63. The van der Waals surface area contributed by atoms with Crippen molar-refractivity contribution in [3.63, 3.8) is 0 Å². The quantitative estimate of drug-likeness (QED) is 0.763. The van der Waals surface area contributed by atoms with E-state index < -0.39 is 0 Å². The summed E-state index contributed by atoms with van der Waals surface area (Å²) in [5.74, 6) is 0. The molecule has 0 saturated carbocycles. The zero-order chi connectivity index (χ0) is 11.9. The fraction of sp³-hybridized carbons (Fsp3) is 0.250. The van der Waals surface area contributed by atoms with Gasteiger partial charge in [0.1, 0.15) is 0 Å². The average Bonchev–Trinajstić information content (AvgIpc) is 2.38.